The molecule has 0 unspecified atom stereocenters. The Hall–Kier alpha value is 2.03. The molecule has 0 N–H and O–H groups in total. The maximum absolute atomic E-state index is 7.94. The zero-order valence-electron chi connectivity index (χ0n) is 2.03. The Kier molecular flexibility index (Phi) is 82.2. The van der Waals surface area contributed by atoms with E-state index < -0.39 is 0 Å². The predicted molar refractivity (Wildman–Crippen MR) is 0.686 cm³/mol. The van der Waals surface area contributed by atoms with Gasteiger partial charge in [0.2, 0.25) is 0 Å². The summed E-state index contributed by atoms with van der Waals surface area (Å²) in [6, 6.07) is 0. The monoisotopic (exact) mass is 228 g/mol. The van der Waals surface area contributed by atoms with Crippen LogP contribution in [0.4, 0.5) is 0 Å². The van der Waals surface area contributed by atoms with Crippen molar-refractivity contribution in [2.24, 2.45) is 0 Å². The van der Waals surface area contributed by atoms with Gasteiger partial charge in [-0.2, -0.15) is 0 Å². The summed E-state index contributed by atoms with van der Waals surface area (Å²) in [7, 11) is 0. The second-order valence-electron chi connectivity index (χ2n) is 0. The van der Waals surface area contributed by atoms with E-state index in [-0.39, 0.29) is 52.2 Å². The van der Waals surface area contributed by atoms with Gasteiger partial charge in [0, 0.05) is 52.2 Å². The Balaban J connectivity index is -0.00000000500. The van der Waals surface area contributed by atoms with E-state index in [1.165, 1.54) is 0 Å². The zero-order valence-corrected chi connectivity index (χ0v) is 8.87. The van der Waals surface area contributed by atoms with E-state index in [4.69, 9.17) is 3.87 Å². The minimum Gasteiger partial charge on any atom is 0 e. The topological polar surface area (TPSA) is 17.1 Å². The van der Waals surface area contributed by atoms with Gasteiger partial charge in [0.25, 0.3) is 0 Å². The average molecular weight is 229 g/mol. The second-order valence-corrected chi connectivity index (χ2v) is 0. The molecule has 0 rings (SSSR count). The molecule has 1 radical (unpaired) electrons. The number of hydrogen-bond donors (Lipinski definition) is 0. The van der Waals surface area contributed by atoms with Crippen molar-refractivity contribution in [2.75, 3.05) is 0 Å². The van der Waals surface area contributed by atoms with Gasteiger partial charge in [-0.15, -0.1) is 0 Å². The van der Waals surface area contributed by atoms with Gasteiger partial charge in [-0.1, -0.05) is 0 Å². The van der Waals surface area contributed by atoms with Gasteiger partial charge < -0.3 is 0 Å². The summed E-state index contributed by atoms with van der Waals surface area (Å²) in [5, 5.41) is 0. The molecule has 0 aromatic carbocycles. The first-order chi connectivity index (χ1) is 1.00. The van der Waals surface area contributed by atoms with Crippen molar-refractivity contribution < 1.29 is 71.7 Å². The Morgan fingerprint density at radius 3 is 1.25 bits per heavy atom. The van der Waals surface area contributed by atoms with Crippen LogP contribution in [0.2, 0.25) is 0 Å². The molecule has 0 spiro atoms. The predicted octanol–water partition coefficient (Wildman–Crippen LogP) is -0.126. The van der Waals surface area contributed by atoms with Crippen LogP contribution in [0.15, 0.2) is 0 Å². The summed E-state index contributed by atoms with van der Waals surface area (Å²) < 4.78 is 7.94. The fourth-order valence-electron chi connectivity index (χ4n) is 0. The standard InChI is InChI=1S/Co.O.Y.Zn. The van der Waals surface area contributed by atoms with Crippen LogP contribution >= 0.6 is 0 Å². The van der Waals surface area contributed by atoms with Gasteiger partial charge in [-0.05, 0) is 0 Å². The molecule has 0 bridgehead atoms. The van der Waals surface area contributed by atoms with Crippen molar-refractivity contribution in [3.8, 4) is 0 Å². The third kappa shape index (κ3) is 8.98. The summed E-state index contributed by atoms with van der Waals surface area (Å²) in [5.41, 5.74) is 0. The van der Waals surface area contributed by atoms with Gasteiger partial charge in [-0.25, -0.2) is 0 Å². The van der Waals surface area contributed by atoms with Gasteiger partial charge in [0.15, 0.2) is 0 Å². The summed E-state index contributed by atoms with van der Waals surface area (Å²) in [5.74, 6) is 0. The molecule has 0 aromatic heterocycles. The molecule has 0 fully saturated rings. The quantitative estimate of drug-likeness (QED) is 0.529. The fraction of sp³-hybridized carbons (Fsp3) is 0. The summed E-state index contributed by atoms with van der Waals surface area (Å²) in [4.78, 5) is 0. The smallest absolute Gasteiger partial charge is 0 e. The first-order valence-corrected chi connectivity index (χ1v) is 0.561. The van der Waals surface area contributed by atoms with Crippen LogP contribution in [0.3, 0.4) is 0 Å². The molecule has 1 nitrogen and oxygen atoms in total. The van der Waals surface area contributed by atoms with Crippen LogP contribution < -0.4 is 0 Å². The third-order valence-electron chi connectivity index (χ3n) is 0. The van der Waals surface area contributed by atoms with Crippen LogP contribution in [0.5, 0.6) is 0 Å². The first-order valence-electron chi connectivity index (χ1n) is 0.136. The van der Waals surface area contributed by atoms with Crippen molar-refractivity contribution in [1.29, 1.82) is 0 Å². The van der Waals surface area contributed by atoms with E-state index >= 15 is 0 Å². The van der Waals surface area contributed by atoms with Crippen LogP contribution in [0.1, 0.15) is 0 Å². The molecule has 0 aliphatic rings. The normalized spacial score (nSPS) is 1.25. The number of rotatable bonds is 0. The third-order valence-corrected chi connectivity index (χ3v) is 0. The van der Waals surface area contributed by atoms with Gasteiger partial charge in [0.05, 0.1) is 0 Å². The van der Waals surface area contributed by atoms with E-state index in [1.807, 2.05) is 0 Å². The molecule has 0 saturated heterocycles. The van der Waals surface area contributed by atoms with Crippen molar-refractivity contribution in [3.63, 3.8) is 0 Å². The summed E-state index contributed by atoms with van der Waals surface area (Å²) >= 11 is 2.31. The minimum absolute atomic E-state index is 0. The SMILES string of the molecule is [O]=[Co].[Y].[Zn]. The van der Waals surface area contributed by atoms with Crippen molar-refractivity contribution >= 4 is 0 Å². The Morgan fingerprint density at radius 2 is 1.25 bits per heavy atom. The van der Waals surface area contributed by atoms with Crippen LogP contribution in [0.25, 0.3) is 0 Å². The zero-order chi connectivity index (χ0) is 2.00. The largest absolute Gasteiger partial charge is 0 e. The molecule has 0 heterocycles. The molecule has 4 heavy (non-hydrogen) atoms. The first kappa shape index (κ1) is 16.6. The maximum atomic E-state index is 7.94. The fourth-order valence-corrected chi connectivity index (χ4v) is 0. The van der Waals surface area contributed by atoms with Gasteiger partial charge in [0.1, 0.15) is 0 Å². The minimum atomic E-state index is 0. The Morgan fingerprint density at radius 1 is 1.25 bits per heavy atom. The summed E-state index contributed by atoms with van der Waals surface area (Å²) in [6.45, 7) is 0. The van der Waals surface area contributed by atoms with Gasteiger partial charge >= 0.3 is 19.5 Å². The molecule has 20 valence electrons. The van der Waals surface area contributed by atoms with E-state index in [0.717, 1.165) is 0 Å². The molecule has 0 saturated carbocycles. The molecular formula is CoOYZn. The molecule has 0 amide bonds. The molecule has 4 heteroatoms. The van der Waals surface area contributed by atoms with Crippen LogP contribution in [0, 0.1) is 0 Å². The summed E-state index contributed by atoms with van der Waals surface area (Å²) in [6.07, 6.45) is 0. The van der Waals surface area contributed by atoms with E-state index in [2.05, 4.69) is 15.7 Å². The Bertz CT molecular complexity index is 8.00. The Labute approximate surface area is 70.7 Å². The molecule has 0 aromatic rings. The second kappa shape index (κ2) is 19.8. The van der Waals surface area contributed by atoms with E-state index in [0.29, 0.717) is 0 Å². The number of hydrogen-bond acceptors (Lipinski definition) is 1. The molecule has 0 aliphatic carbocycles. The van der Waals surface area contributed by atoms with Crippen molar-refractivity contribution in [2.45, 2.75) is 0 Å². The van der Waals surface area contributed by atoms with Crippen LogP contribution in [-0.4, -0.2) is 0 Å². The van der Waals surface area contributed by atoms with E-state index in [1.54, 1.807) is 0 Å². The average Bonchev–Trinajstić information content (AvgIpc) is 1.00. The van der Waals surface area contributed by atoms with E-state index in [9.17, 15) is 0 Å². The van der Waals surface area contributed by atoms with Crippen LogP contribution in [-0.2, 0) is 71.7 Å². The van der Waals surface area contributed by atoms with Crippen molar-refractivity contribution in [1.82, 2.24) is 0 Å². The molecule has 0 atom stereocenters. The molecular weight excluding hydrogens is 229 g/mol. The molecule has 0 aliphatic heterocycles. The maximum Gasteiger partial charge on any atom is 0 e. The van der Waals surface area contributed by atoms with Crippen molar-refractivity contribution in [3.05, 3.63) is 0 Å². The van der Waals surface area contributed by atoms with Gasteiger partial charge in [-0.3, -0.25) is 0 Å².